The van der Waals surface area contributed by atoms with Crippen LogP contribution in [0.1, 0.15) is 23.6 Å². The van der Waals surface area contributed by atoms with Crippen molar-refractivity contribution in [1.82, 2.24) is 9.78 Å². The molecule has 0 unspecified atom stereocenters. The fourth-order valence-electron chi connectivity index (χ4n) is 1.92. The molecule has 2 N–H and O–H groups in total. The van der Waals surface area contributed by atoms with E-state index in [1.807, 2.05) is 0 Å². The van der Waals surface area contributed by atoms with Crippen molar-refractivity contribution in [2.24, 2.45) is 18.7 Å². The highest BCUT2D eigenvalue weighted by Crippen LogP contribution is 2.52. The highest BCUT2D eigenvalue weighted by molar-refractivity contribution is 6.30. The van der Waals surface area contributed by atoms with E-state index in [1.165, 1.54) is 7.05 Å². The molecule has 0 bridgehead atoms. The summed E-state index contributed by atoms with van der Waals surface area (Å²) in [5.74, 6) is -0.0920. The Morgan fingerprint density at radius 1 is 1.56 bits per heavy atom. The summed E-state index contributed by atoms with van der Waals surface area (Å²) in [5, 5.41) is 3.49. The number of aryl methyl sites for hydroxylation is 1. The average Bonchev–Trinajstić information content (AvgIpc) is 2.88. The van der Waals surface area contributed by atoms with Crippen LogP contribution in [0, 0.1) is 5.92 Å². The van der Waals surface area contributed by atoms with Crippen molar-refractivity contribution in [3.8, 4) is 0 Å². The second kappa shape index (κ2) is 3.63. The van der Waals surface area contributed by atoms with Crippen LogP contribution in [0.4, 0.5) is 13.2 Å². The Morgan fingerprint density at radius 3 is 2.62 bits per heavy atom. The van der Waals surface area contributed by atoms with Crippen molar-refractivity contribution in [2.75, 3.05) is 6.54 Å². The minimum absolute atomic E-state index is 0.0632. The Labute approximate surface area is 95.4 Å². The highest BCUT2D eigenvalue weighted by Gasteiger charge is 2.47. The summed E-state index contributed by atoms with van der Waals surface area (Å²) in [4.78, 5) is 0. The van der Waals surface area contributed by atoms with Gasteiger partial charge in [0.1, 0.15) is 5.15 Å². The molecule has 7 heteroatoms. The summed E-state index contributed by atoms with van der Waals surface area (Å²) < 4.78 is 39.1. The first-order valence-corrected chi connectivity index (χ1v) is 5.23. The third-order valence-corrected chi connectivity index (χ3v) is 3.32. The largest absolute Gasteiger partial charge is 0.435 e. The maximum Gasteiger partial charge on any atom is 0.435 e. The molecular formula is C9H11ClF3N3. The molecule has 3 nitrogen and oxygen atoms in total. The van der Waals surface area contributed by atoms with Crippen LogP contribution in [0.2, 0.25) is 5.15 Å². The van der Waals surface area contributed by atoms with Crippen molar-refractivity contribution in [1.29, 1.82) is 0 Å². The molecule has 2 rings (SSSR count). The standard InChI is InChI=1S/C9H11ClF3N3/c1-16-8(10)6(5-2-4(5)3-14)7(15-16)9(11,12)13/h4-5H,2-3,14H2,1H3/t4-,5+/m0/s1. The highest BCUT2D eigenvalue weighted by atomic mass is 35.5. The molecule has 1 aliphatic rings. The minimum Gasteiger partial charge on any atom is -0.330 e. The topological polar surface area (TPSA) is 43.8 Å². The summed E-state index contributed by atoms with van der Waals surface area (Å²) in [6.45, 7) is 0.382. The molecule has 0 saturated heterocycles. The molecule has 90 valence electrons. The van der Waals surface area contributed by atoms with Gasteiger partial charge in [0.25, 0.3) is 0 Å². The smallest absolute Gasteiger partial charge is 0.330 e. The van der Waals surface area contributed by atoms with Gasteiger partial charge in [-0.25, -0.2) is 0 Å². The fourth-order valence-corrected chi connectivity index (χ4v) is 2.19. The molecule has 0 aliphatic heterocycles. The number of aromatic nitrogens is 2. The number of nitrogens with zero attached hydrogens (tertiary/aromatic N) is 2. The van der Waals surface area contributed by atoms with E-state index in [4.69, 9.17) is 17.3 Å². The number of hydrogen-bond acceptors (Lipinski definition) is 2. The summed E-state index contributed by atoms with van der Waals surface area (Å²) >= 11 is 5.84. The quantitative estimate of drug-likeness (QED) is 0.878. The van der Waals surface area contributed by atoms with Gasteiger partial charge in [-0.15, -0.1) is 0 Å². The molecule has 1 saturated carbocycles. The third-order valence-electron chi connectivity index (χ3n) is 2.88. The van der Waals surface area contributed by atoms with Gasteiger partial charge in [0, 0.05) is 12.6 Å². The average molecular weight is 254 g/mol. The van der Waals surface area contributed by atoms with Gasteiger partial charge in [-0.2, -0.15) is 18.3 Å². The maximum absolute atomic E-state index is 12.7. The van der Waals surface area contributed by atoms with Gasteiger partial charge in [-0.05, 0) is 24.8 Å². The monoisotopic (exact) mass is 253 g/mol. The number of rotatable bonds is 2. The third kappa shape index (κ3) is 1.80. The molecule has 1 heterocycles. The van der Waals surface area contributed by atoms with Gasteiger partial charge in [-0.1, -0.05) is 11.6 Å². The molecule has 0 aromatic carbocycles. The van der Waals surface area contributed by atoms with Crippen molar-refractivity contribution in [3.05, 3.63) is 16.4 Å². The number of nitrogens with two attached hydrogens (primary N) is 1. The first-order chi connectivity index (χ1) is 7.36. The second-order valence-electron chi connectivity index (χ2n) is 4.01. The first-order valence-electron chi connectivity index (χ1n) is 4.86. The van der Waals surface area contributed by atoms with E-state index in [-0.39, 0.29) is 22.6 Å². The van der Waals surface area contributed by atoms with E-state index in [9.17, 15) is 13.2 Å². The molecule has 1 aromatic heterocycles. The van der Waals surface area contributed by atoms with Crippen LogP contribution in [-0.4, -0.2) is 16.3 Å². The van der Waals surface area contributed by atoms with Gasteiger partial charge in [-0.3, -0.25) is 4.68 Å². The lowest BCUT2D eigenvalue weighted by molar-refractivity contribution is -0.142. The molecule has 16 heavy (non-hydrogen) atoms. The van der Waals surface area contributed by atoms with Crippen LogP contribution >= 0.6 is 11.6 Å². The normalized spacial score (nSPS) is 24.9. The van der Waals surface area contributed by atoms with Crippen molar-refractivity contribution in [3.63, 3.8) is 0 Å². The lowest BCUT2D eigenvalue weighted by atomic mass is 10.1. The van der Waals surface area contributed by atoms with E-state index >= 15 is 0 Å². The number of alkyl halides is 3. The molecule has 2 atom stereocenters. The number of hydrogen-bond donors (Lipinski definition) is 1. The predicted molar refractivity (Wildman–Crippen MR) is 53.1 cm³/mol. The fraction of sp³-hybridized carbons (Fsp3) is 0.667. The molecule has 0 amide bonds. The Morgan fingerprint density at radius 2 is 2.19 bits per heavy atom. The van der Waals surface area contributed by atoms with Crippen LogP contribution in [0.25, 0.3) is 0 Å². The lowest BCUT2D eigenvalue weighted by Gasteiger charge is -2.05. The van der Waals surface area contributed by atoms with Crippen molar-refractivity contribution < 1.29 is 13.2 Å². The molecule has 0 spiro atoms. The van der Waals surface area contributed by atoms with Crippen molar-refractivity contribution >= 4 is 11.6 Å². The maximum atomic E-state index is 12.7. The van der Waals surface area contributed by atoms with Crippen LogP contribution < -0.4 is 5.73 Å². The predicted octanol–water partition coefficient (Wildman–Crippen LogP) is 2.15. The van der Waals surface area contributed by atoms with Crippen LogP contribution in [-0.2, 0) is 13.2 Å². The zero-order valence-electron chi connectivity index (χ0n) is 8.55. The zero-order chi connectivity index (χ0) is 12.1. The zero-order valence-corrected chi connectivity index (χ0v) is 9.31. The van der Waals surface area contributed by atoms with E-state index < -0.39 is 11.9 Å². The second-order valence-corrected chi connectivity index (χ2v) is 4.37. The van der Waals surface area contributed by atoms with Crippen LogP contribution in [0.15, 0.2) is 0 Å². The van der Waals surface area contributed by atoms with E-state index in [0.717, 1.165) is 4.68 Å². The van der Waals surface area contributed by atoms with Gasteiger partial charge >= 0.3 is 6.18 Å². The lowest BCUT2D eigenvalue weighted by Crippen LogP contribution is -2.10. The minimum atomic E-state index is -4.46. The Kier molecular flexibility index (Phi) is 2.66. The van der Waals surface area contributed by atoms with Gasteiger partial charge in [0.15, 0.2) is 5.69 Å². The summed E-state index contributed by atoms with van der Waals surface area (Å²) in [6, 6.07) is 0. The van der Waals surface area contributed by atoms with Gasteiger partial charge in [0.05, 0.1) is 0 Å². The molecule has 1 fully saturated rings. The van der Waals surface area contributed by atoms with E-state index in [0.29, 0.717) is 13.0 Å². The molecule has 0 radical (unpaired) electrons. The Balaban J connectivity index is 2.43. The Hall–Kier alpha value is -0.750. The molecule has 1 aliphatic carbocycles. The summed E-state index contributed by atoms with van der Waals surface area (Å²) in [5.41, 5.74) is 4.66. The van der Waals surface area contributed by atoms with E-state index in [2.05, 4.69) is 5.10 Å². The molecular weight excluding hydrogens is 243 g/mol. The van der Waals surface area contributed by atoms with E-state index in [1.54, 1.807) is 0 Å². The summed E-state index contributed by atoms with van der Waals surface area (Å²) in [6.07, 6.45) is -3.80. The SMILES string of the molecule is Cn1nc(C(F)(F)F)c([C@@H]2C[C@H]2CN)c1Cl. The number of halogens is 4. The molecule has 1 aromatic rings. The summed E-state index contributed by atoms with van der Waals surface area (Å²) in [7, 11) is 1.40. The first kappa shape index (κ1) is 11.7. The van der Waals surface area contributed by atoms with Crippen LogP contribution in [0.5, 0.6) is 0 Å². The Bertz CT molecular complexity index is 413. The van der Waals surface area contributed by atoms with Gasteiger partial charge in [0.2, 0.25) is 0 Å². The van der Waals surface area contributed by atoms with Crippen LogP contribution in [0.3, 0.4) is 0 Å². The van der Waals surface area contributed by atoms with Crippen molar-refractivity contribution in [2.45, 2.75) is 18.5 Å². The van der Waals surface area contributed by atoms with Gasteiger partial charge < -0.3 is 5.73 Å².